The molecule has 0 saturated carbocycles. The molecular formula is C17H16N4O2. The van der Waals surface area contributed by atoms with Gasteiger partial charge in [-0.25, -0.2) is 4.98 Å². The van der Waals surface area contributed by atoms with Crippen LogP contribution in [0.15, 0.2) is 61.2 Å². The van der Waals surface area contributed by atoms with Crippen LogP contribution in [0, 0.1) is 0 Å². The van der Waals surface area contributed by atoms with Gasteiger partial charge in [-0.3, -0.25) is 9.78 Å². The first-order chi connectivity index (χ1) is 11.2. The highest BCUT2D eigenvalue weighted by molar-refractivity contribution is 5.96. The van der Waals surface area contributed by atoms with Crippen molar-refractivity contribution in [1.29, 1.82) is 0 Å². The van der Waals surface area contributed by atoms with Gasteiger partial charge in [0, 0.05) is 25.6 Å². The second kappa shape index (κ2) is 6.74. The minimum absolute atomic E-state index is 0.215. The topological polar surface area (TPSA) is 69.0 Å². The van der Waals surface area contributed by atoms with Crippen LogP contribution < -0.4 is 10.1 Å². The Morgan fingerprint density at radius 3 is 2.83 bits per heavy atom. The zero-order valence-electron chi connectivity index (χ0n) is 12.6. The van der Waals surface area contributed by atoms with Gasteiger partial charge >= 0.3 is 0 Å². The molecule has 0 aliphatic carbocycles. The number of benzene rings is 1. The predicted octanol–water partition coefficient (Wildman–Crippen LogP) is 2.54. The fraction of sp³-hybridized carbons (Fsp3) is 0.118. The Kier molecular flexibility index (Phi) is 4.33. The summed E-state index contributed by atoms with van der Waals surface area (Å²) in [7, 11) is 1.88. The van der Waals surface area contributed by atoms with Crippen molar-refractivity contribution >= 4 is 5.91 Å². The minimum Gasteiger partial charge on any atom is -0.455 e. The molecule has 3 aromatic rings. The van der Waals surface area contributed by atoms with E-state index in [2.05, 4.69) is 15.3 Å². The molecule has 116 valence electrons. The molecule has 0 radical (unpaired) electrons. The van der Waals surface area contributed by atoms with Crippen LogP contribution in [0.25, 0.3) is 0 Å². The van der Waals surface area contributed by atoms with Crippen LogP contribution >= 0.6 is 0 Å². The number of aromatic nitrogens is 3. The van der Waals surface area contributed by atoms with E-state index < -0.39 is 0 Å². The fourth-order valence-corrected chi connectivity index (χ4v) is 2.10. The molecule has 0 unspecified atom stereocenters. The highest BCUT2D eigenvalue weighted by Gasteiger charge is 2.13. The summed E-state index contributed by atoms with van der Waals surface area (Å²) in [5, 5.41) is 2.85. The number of hydrogen-bond donors (Lipinski definition) is 1. The first-order valence-corrected chi connectivity index (χ1v) is 7.15. The summed E-state index contributed by atoms with van der Waals surface area (Å²) in [5.41, 5.74) is 0.463. The number of hydrogen-bond acceptors (Lipinski definition) is 4. The fourth-order valence-electron chi connectivity index (χ4n) is 2.10. The molecule has 1 aromatic carbocycles. The Morgan fingerprint density at radius 1 is 1.22 bits per heavy atom. The van der Waals surface area contributed by atoms with Gasteiger partial charge in [0.05, 0.1) is 18.3 Å². The van der Waals surface area contributed by atoms with Crippen LogP contribution in [0.3, 0.4) is 0 Å². The lowest BCUT2D eigenvalue weighted by molar-refractivity contribution is 0.0947. The van der Waals surface area contributed by atoms with E-state index in [1.807, 2.05) is 23.9 Å². The third-order valence-corrected chi connectivity index (χ3v) is 3.32. The van der Waals surface area contributed by atoms with Crippen LogP contribution in [0.4, 0.5) is 0 Å². The molecule has 0 spiro atoms. The number of pyridine rings is 1. The normalized spacial score (nSPS) is 10.3. The number of nitrogens with zero attached hydrogens (tertiary/aromatic N) is 3. The van der Waals surface area contributed by atoms with Crippen LogP contribution in [-0.2, 0) is 13.6 Å². The van der Waals surface area contributed by atoms with E-state index in [0.717, 1.165) is 5.82 Å². The van der Waals surface area contributed by atoms with E-state index in [4.69, 9.17) is 4.74 Å². The molecule has 6 heteroatoms. The SMILES string of the molecule is Cn1ccnc1CNC(=O)c1ccccc1Oc1cccnc1. The number of amides is 1. The Hall–Kier alpha value is -3.15. The number of aryl methyl sites for hydroxylation is 1. The van der Waals surface area contributed by atoms with Crippen molar-refractivity contribution in [2.45, 2.75) is 6.54 Å². The number of para-hydroxylation sites is 1. The molecule has 0 saturated heterocycles. The molecule has 2 heterocycles. The van der Waals surface area contributed by atoms with Gasteiger partial charge in [-0.05, 0) is 24.3 Å². The van der Waals surface area contributed by atoms with Gasteiger partial charge in [0.2, 0.25) is 0 Å². The number of carbonyl (C=O) groups is 1. The van der Waals surface area contributed by atoms with Crippen LogP contribution in [0.2, 0.25) is 0 Å². The molecule has 0 aliphatic rings. The molecule has 6 nitrogen and oxygen atoms in total. The van der Waals surface area contributed by atoms with Crippen molar-refractivity contribution in [2.24, 2.45) is 7.05 Å². The Morgan fingerprint density at radius 2 is 2.09 bits per heavy atom. The molecular weight excluding hydrogens is 292 g/mol. The summed E-state index contributed by atoms with van der Waals surface area (Å²) in [4.78, 5) is 20.6. The van der Waals surface area contributed by atoms with Gasteiger partial charge in [0.25, 0.3) is 5.91 Å². The molecule has 0 fully saturated rings. The number of ether oxygens (including phenoxy) is 1. The van der Waals surface area contributed by atoms with E-state index in [1.165, 1.54) is 0 Å². The molecule has 1 N–H and O–H groups in total. The molecule has 0 bridgehead atoms. The second-order valence-corrected chi connectivity index (χ2v) is 4.92. The molecule has 2 aromatic heterocycles. The lowest BCUT2D eigenvalue weighted by atomic mass is 10.2. The molecule has 0 atom stereocenters. The van der Waals surface area contributed by atoms with Gasteiger partial charge < -0.3 is 14.6 Å². The van der Waals surface area contributed by atoms with Crippen LogP contribution in [0.1, 0.15) is 16.2 Å². The van der Waals surface area contributed by atoms with E-state index in [1.54, 1.807) is 48.9 Å². The molecule has 1 amide bonds. The first-order valence-electron chi connectivity index (χ1n) is 7.15. The second-order valence-electron chi connectivity index (χ2n) is 4.92. The first kappa shape index (κ1) is 14.8. The largest absolute Gasteiger partial charge is 0.455 e. The van der Waals surface area contributed by atoms with Crippen molar-refractivity contribution in [3.05, 3.63) is 72.6 Å². The van der Waals surface area contributed by atoms with Crippen molar-refractivity contribution in [3.8, 4) is 11.5 Å². The molecule has 3 rings (SSSR count). The van der Waals surface area contributed by atoms with E-state index in [-0.39, 0.29) is 5.91 Å². The number of carbonyl (C=O) groups excluding carboxylic acids is 1. The monoisotopic (exact) mass is 308 g/mol. The van der Waals surface area contributed by atoms with Crippen molar-refractivity contribution in [2.75, 3.05) is 0 Å². The highest BCUT2D eigenvalue weighted by atomic mass is 16.5. The average molecular weight is 308 g/mol. The quantitative estimate of drug-likeness (QED) is 0.786. The van der Waals surface area contributed by atoms with Gasteiger partial charge in [-0.1, -0.05) is 12.1 Å². The van der Waals surface area contributed by atoms with E-state index >= 15 is 0 Å². The van der Waals surface area contributed by atoms with Crippen molar-refractivity contribution < 1.29 is 9.53 Å². The summed E-state index contributed by atoms with van der Waals surface area (Å²) in [6.45, 7) is 0.351. The Bertz CT molecular complexity index is 799. The van der Waals surface area contributed by atoms with Gasteiger partial charge in [0.15, 0.2) is 0 Å². The molecule has 23 heavy (non-hydrogen) atoms. The lowest BCUT2D eigenvalue weighted by Gasteiger charge is -2.11. The average Bonchev–Trinajstić information content (AvgIpc) is 2.99. The maximum Gasteiger partial charge on any atom is 0.255 e. The van der Waals surface area contributed by atoms with Crippen molar-refractivity contribution in [3.63, 3.8) is 0 Å². The summed E-state index contributed by atoms with van der Waals surface area (Å²) < 4.78 is 7.61. The summed E-state index contributed by atoms with van der Waals surface area (Å²) in [6, 6.07) is 10.7. The van der Waals surface area contributed by atoms with Crippen LogP contribution in [0.5, 0.6) is 11.5 Å². The summed E-state index contributed by atoms with van der Waals surface area (Å²) in [5.74, 6) is 1.63. The minimum atomic E-state index is -0.215. The van der Waals surface area contributed by atoms with Gasteiger partial charge in [-0.15, -0.1) is 0 Å². The van der Waals surface area contributed by atoms with E-state index in [9.17, 15) is 4.79 Å². The maximum absolute atomic E-state index is 12.4. The number of imidazole rings is 1. The lowest BCUT2D eigenvalue weighted by Crippen LogP contribution is -2.24. The van der Waals surface area contributed by atoms with Crippen molar-refractivity contribution in [1.82, 2.24) is 19.9 Å². The highest BCUT2D eigenvalue weighted by Crippen LogP contribution is 2.24. The predicted molar refractivity (Wildman–Crippen MR) is 85.1 cm³/mol. The standard InChI is InChI=1S/C17H16N4O2/c1-21-10-9-19-16(21)12-20-17(22)14-6-2-3-7-15(14)23-13-5-4-8-18-11-13/h2-11H,12H2,1H3,(H,20,22). The zero-order valence-corrected chi connectivity index (χ0v) is 12.6. The third-order valence-electron chi connectivity index (χ3n) is 3.32. The van der Waals surface area contributed by atoms with Crippen LogP contribution in [-0.4, -0.2) is 20.4 Å². The van der Waals surface area contributed by atoms with E-state index in [0.29, 0.717) is 23.6 Å². The molecule has 0 aliphatic heterocycles. The number of rotatable bonds is 5. The Balaban J connectivity index is 1.74. The Labute approximate surface area is 133 Å². The summed E-state index contributed by atoms with van der Waals surface area (Å²) >= 11 is 0. The maximum atomic E-state index is 12.4. The number of nitrogens with one attached hydrogen (secondary N) is 1. The van der Waals surface area contributed by atoms with Gasteiger partial charge in [0.1, 0.15) is 17.3 Å². The van der Waals surface area contributed by atoms with Gasteiger partial charge in [-0.2, -0.15) is 0 Å². The summed E-state index contributed by atoms with van der Waals surface area (Å²) in [6.07, 6.45) is 6.79. The third kappa shape index (κ3) is 3.55. The zero-order chi connectivity index (χ0) is 16.1. The smallest absolute Gasteiger partial charge is 0.255 e.